The van der Waals surface area contributed by atoms with Gasteiger partial charge in [0.05, 0.1) is 0 Å². The van der Waals surface area contributed by atoms with E-state index in [2.05, 4.69) is 10.6 Å². The highest BCUT2D eigenvalue weighted by Crippen LogP contribution is 2.44. The van der Waals surface area contributed by atoms with Crippen molar-refractivity contribution < 1.29 is 38.5 Å². The summed E-state index contributed by atoms with van der Waals surface area (Å²) in [4.78, 5) is 47.8. The Balaban J connectivity index is 1.49. The van der Waals surface area contributed by atoms with Crippen LogP contribution in [-0.4, -0.2) is 60.1 Å². The highest BCUT2D eigenvalue weighted by Gasteiger charge is 2.32. The van der Waals surface area contributed by atoms with Gasteiger partial charge in [0.2, 0.25) is 0 Å². The van der Waals surface area contributed by atoms with E-state index in [1.807, 2.05) is 48.5 Å². The molecular weight excluding hydrogens is 468 g/mol. The standard InChI is InChI=1S/C26H30N2O8/c1-15(22(23(30)31)28-25(33)36-26(2,3)4)35-21(29)13-27-24(32)34-14-20-18-11-7-5-9-16(18)17-10-6-8-12-19(17)20/h5-12,15,20,22H,13-14H2,1-4H3,(H,27,32)(H,28,33)(H,30,31)/t15-,22+/m0/s1. The fourth-order valence-corrected chi connectivity index (χ4v) is 3.93. The number of fused-ring (bicyclic) bond motifs is 3. The summed E-state index contributed by atoms with van der Waals surface area (Å²) >= 11 is 0. The van der Waals surface area contributed by atoms with Crippen molar-refractivity contribution in [2.75, 3.05) is 13.2 Å². The van der Waals surface area contributed by atoms with Crippen LogP contribution in [0.2, 0.25) is 0 Å². The molecule has 10 heteroatoms. The topological polar surface area (TPSA) is 140 Å². The number of amides is 2. The van der Waals surface area contributed by atoms with Crippen molar-refractivity contribution in [3.05, 3.63) is 59.7 Å². The third-order valence-electron chi connectivity index (χ3n) is 5.45. The number of ether oxygens (including phenoxy) is 3. The summed E-state index contributed by atoms with van der Waals surface area (Å²) in [5.41, 5.74) is 3.45. The smallest absolute Gasteiger partial charge is 0.408 e. The Morgan fingerprint density at radius 1 is 0.944 bits per heavy atom. The maximum absolute atomic E-state index is 12.2. The summed E-state index contributed by atoms with van der Waals surface area (Å²) in [5.74, 6) is -2.44. The molecule has 3 N–H and O–H groups in total. The highest BCUT2D eigenvalue weighted by molar-refractivity contribution is 5.82. The summed E-state index contributed by atoms with van der Waals surface area (Å²) in [5, 5.41) is 13.8. The molecule has 36 heavy (non-hydrogen) atoms. The Morgan fingerprint density at radius 3 is 2.03 bits per heavy atom. The van der Waals surface area contributed by atoms with Crippen LogP contribution in [0.25, 0.3) is 11.1 Å². The van der Waals surface area contributed by atoms with E-state index in [0.717, 1.165) is 22.3 Å². The summed E-state index contributed by atoms with van der Waals surface area (Å²) in [6, 6.07) is 14.2. The molecule has 2 amide bonds. The summed E-state index contributed by atoms with van der Waals surface area (Å²) in [6.07, 6.45) is -3.01. The van der Waals surface area contributed by atoms with Gasteiger partial charge < -0.3 is 30.0 Å². The largest absolute Gasteiger partial charge is 0.480 e. The number of benzene rings is 2. The average Bonchev–Trinajstić information content (AvgIpc) is 3.12. The quantitative estimate of drug-likeness (QED) is 0.371. The number of aliphatic carboxylic acids is 1. The second-order valence-corrected chi connectivity index (χ2v) is 9.34. The molecule has 0 aliphatic heterocycles. The van der Waals surface area contributed by atoms with Gasteiger partial charge >= 0.3 is 24.1 Å². The number of carboxylic acid groups (broad SMARTS) is 1. The van der Waals surface area contributed by atoms with E-state index >= 15 is 0 Å². The molecule has 1 aliphatic rings. The Hall–Kier alpha value is -4.08. The molecule has 2 aromatic carbocycles. The van der Waals surface area contributed by atoms with Gasteiger partial charge in [-0.15, -0.1) is 0 Å². The maximum Gasteiger partial charge on any atom is 0.408 e. The van der Waals surface area contributed by atoms with Crippen molar-refractivity contribution in [1.29, 1.82) is 0 Å². The molecular formula is C26H30N2O8. The molecule has 192 valence electrons. The lowest BCUT2D eigenvalue weighted by molar-refractivity contribution is -0.153. The van der Waals surface area contributed by atoms with Gasteiger partial charge in [-0.3, -0.25) is 4.79 Å². The van der Waals surface area contributed by atoms with Crippen LogP contribution in [0.3, 0.4) is 0 Å². The number of carboxylic acids is 1. The second kappa shape index (κ2) is 11.1. The molecule has 0 aromatic heterocycles. The first-order valence-electron chi connectivity index (χ1n) is 11.5. The zero-order valence-corrected chi connectivity index (χ0v) is 20.6. The lowest BCUT2D eigenvalue weighted by atomic mass is 9.98. The molecule has 2 atom stereocenters. The zero-order valence-electron chi connectivity index (χ0n) is 20.6. The van der Waals surface area contributed by atoms with E-state index in [9.17, 15) is 24.3 Å². The van der Waals surface area contributed by atoms with Crippen molar-refractivity contribution in [1.82, 2.24) is 10.6 Å². The molecule has 0 saturated heterocycles. The summed E-state index contributed by atoms with van der Waals surface area (Å²) in [7, 11) is 0. The molecule has 0 fully saturated rings. The van der Waals surface area contributed by atoms with Gasteiger partial charge in [0, 0.05) is 5.92 Å². The highest BCUT2D eigenvalue weighted by atomic mass is 16.6. The SMILES string of the molecule is C[C@H](OC(=O)CNC(=O)OCC1c2ccccc2-c2ccccc21)[C@@H](NC(=O)OC(C)(C)C)C(=O)O. The van der Waals surface area contributed by atoms with Gasteiger partial charge in [0.25, 0.3) is 0 Å². The molecule has 0 bridgehead atoms. The number of hydrogen-bond donors (Lipinski definition) is 3. The van der Waals surface area contributed by atoms with Gasteiger partial charge in [-0.1, -0.05) is 48.5 Å². The Kier molecular flexibility index (Phi) is 8.18. The van der Waals surface area contributed by atoms with E-state index in [1.54, 1.807) is 20.8 Å². The van der Waals surface area contributed by atoms with Gasteiger partial charge in [0.1, 0.15) is 24.9 Å². The minimum atomic E-state index is -1.54. The zero-order chi connectivity index (χ0) is 26.5. The first-order valence-corrected chi connectivity index (χ1v) is 11.5. The number of esters is 1. The number of hydrogen-bond acceptors (Lipinski definition) is 7. The van der Waals surface area contributed by atoms with Crippen LogP contribution in [0.15, 0.2) is 48.5 Å². The molecule has 3 rings (SSSR count). The van der Waals surface area contributed by atoms with E-state index in [-0.39, 0.29) is 12.5 Å². The minimum absolute atomic E-state index is 0.0756. The maximum atomic E-state index is 12.2. The lowest BCUT2D eigenvalue weighted by Crippen LogP contribution is -2.51. The Labute approximate surface area is 208 Å². The van der Waals surface area contributed by atoms with Crippen LogP contribution in [-0.2, 0) is 23.8 Å². The van der Waals surface area contributed by atoms with Gasteiger partial charge in [0.15, 0.2) is 6.04 Å². The fraction of sp³-hybridized carbons (Fsp3) is 0.385. The monoisotopic (exact) mass is 498 g/mol. The third kappa shape index (κ3) is 6.74. The molecule has 2 aromatic rings. The number of rotatable bonds is 8. The molecule has 0 unspecified atom stereocenters. The third-order valence-corrected chi connectivity index (χ3v) is 5.45. The van der Waals surface area contributed by atoms with Crippen LogP contribution in [0.4, 0.5) is 9.59 Å². The van der Waals surface area contributed by atoms with Crippen molar-refractivity contribution in [2.45, 2.75) is 51.4 Å². The van der Waals surface area contributed by atoms with Crippen LogP contribution >= 0.6 is 0 Å². The van der Waals surface area contributed by atoms with Crippen molar-refractivity contribution in [3.63, 3.8) is 0 Å². The van der Waals surface area contributed by atoms with Crippen LogP contribution in [0.1, 0.15) is 44.7 Å². The van der Waals surface area contributed by atoms with Crippen molar-refractivity contribution in [3.8, 4) is 11.1 Å². The number of nitrogens with one attached hydrogen (secondary N) is 2. The summed E-state index contributed by atoms with van der Waals surface area (Å²) < 4.78 is 15.5. The normalized spacial score (nSPS) is 14.0. The number of alkyl carbamates (subject to hydrolysis) is 2. The molecule has 0 heterocycles. The predicted molar refractivity (Wildman–Crippen MR) is 129 cm³/mol. The average molecular weight is 499 g/mol. The molecule has 10 nitrogen and oxygen atoms in total. The van der Waals surface area contributed by atoms with Crippen molar-refractivity contribution in [2.24, 2.45) is 0 Å². The first-order chi connectivity index (χ1) is 17.0. The van der Waals surface area contributed by atoms with Crippen LogP contribution < -0.4 is 10.6 Å². The molecule has 0 radical (unpaired) electrons. The fourth-order valence-electron chi connectivity index (χ4n) is 3.93. The van der Waals surface area contributed by atoms with Crippen LogP contribution in [0, 0.1) is 0 Å². The lowest BCUT2D eigenvalue weighted by Gasteiger charge is -2.24. The van der Waals surface area contributed by atoms with Crippen molar-refractivity contribution >= 4 is 24.1 Å². The second-order valence-electron chi connectivity index (χ2n) is 9.34. The van der Waals surface area contributed by atoms with E-state index in [0.29, 0.717) is 0 Å². The molecule has 0 saturated carbocycles. The van der Waals surface area contributed by atoms with Gasteiger partial charge in [-0.25, -0.2) is 14.4 Å². The molecule has 1 aliphatic carbocycles. The Morgan fingerprint density at radius 2 is 1.50 bits per heavy atom. The number of carbonyl (C=O) groups excluding carboxylic acids is 3. The van der Waals surface area contributed by atoms with E-state index in [1.165, 1.54) is 6.92 Å². The predicted octanol–water partition coefficient (Wildman–Crippen LogP) is 3.43. The van der Waals surface area contributed by atoms with Gasteiger partial charge in [-0.2, -0.15) is 0 Å². The molecule has 0 spiro atoms. The minimum Gasteiger partial charge on any atom is -0.480 e. The van der Waals surface area contributed by atoms with E-state index in [4.69, 9.17) is 14.2 Å². The Bertz CT molecular complexity index is 1100. The first kappa shape index (κ1) is 26.5. The number of carbonyl (C=O) groups is 4. The van der Waals surface area contributed by atoms with Crippen LogP contribution in [0.5, 0.6) is 0 Å². The van der Waals surface area contributed by atoms with Gasteiger partial charge in [-0.05, 0) is 49.9 Å². The summed E-state index contributed by atoms with van der Waals surface area (Å²) in [6.45, 7) is 5.72. The van der Waals surface area contributed by atoms with E-state index < -0.39 is 48.4 Å².